The highest BCUT2D eigenvalue weighted by Gasteiger charge is 2.35. The van der Waals surface area contributed by atoms with Crippen molar-refractivity contribution < 1.29 is 23.4 Å². The van der Waals surface area contributed by atoms with Crippen molar-refractivity contribution in [1.29, 1.82) is 0 Å². The van der Waals surface area contributed by atoms with Gasteiger partial charge in [0.2, 0.25) is 0 Å². The molecule has 244 valence electrons. The van der Waals surface area contributed by atoms with E-state index in [0.29, 0.717) is 57.7 Å². The molecule has 7 nitrogen and oxygen atoms in total. The fourth-order valence-electron chi connectivity index (χ4n) is 5.30. The number of halogens is 4. The molecule has 2 heterocycles. The van der Waals surface area contributed by atoms with Gasteiger partial charge in [0.1, 0.15) is 12.4 Å². The molecule has 0 unspecified atom stereocenters. The summed E-state index contributed by atoms with van der Waals surface area (Å²) in [5.74, 6) is -0.164. The van der Waals surface area contributed by atoms with Gasteiger partial charge in [-0.3, -0.25) is 9.36 Å². The maximum absolute atomic E-state index is 14.2. The van der Waals surface area contributed by atoms with Gasteiger partial charge in [0.25, 0.3) is 5.56 Å². The topological polar surface area (TPSA) is 79.1 Å². The normalized spacial score (nSPS) is 14.4. The fourth-order valence-corrected chi connectivity index (χ4v) is 7.20. The van der Waals surface area contributed by atoms with Crippen molar-refractivity contribution in [2.24, 2.45) is 4.99 Å². The summed E-state index contributed by atoms with van der Waals surface area (Å²) in [6.45, 7) is 2.04. The first-order valence-corrected chi connectivity index (χ1v) is 17.0. The lowest BCUT2D eigenvalue weighted by molar-refractivity contribution is -0.138. The van der Waals surface area contributed by atoms with Crippen LogP contribution in [-0.4, -0.2) is 24.3 Å². The van der Waals surface area contributed by atoms with Gasteiger partial charge >= 0.3 is 5.97 Å². The molecule has 0 bridgehead atoms. The number of hydrogen-bond acceptors (Lipinski definition) is 7. The molecule has 1 aromatic heterocycles. The number of esters is 1. The van der Waals surface area contributed by atoms with Crippen LogP contribution in [0.3, 0.4) is 0 Å². The predicted molar refractivity (Wildman–Crippen MR) is 189 cm³/mol. The van der Waals surface area contributed by atoms with Gasteiger partial charge in [-0.1, -0.05) is 83.1 Å². The minimum absolute atomic E-state index is 0.120. The first-order valence-electron chi connectivity index (χ1n) is 14.7. The lowest BCUT2D eigenvalue weighted by Gasteiger charge is -2.25. The number of carbonyl (C=O) groups excluding carboxylic acids is 1. The molecule has 0 fully saturated rings. The molecule has 1 atom stereocenters. The van der Waals surface area contributed by atoms with Gasteiger partial charge in [0.15, 0.2) is 16.3 Å². The zero-order valence-electron chi connectivity index (χ0n) is 25.5. The molecule has 5 aromatic rings. The Balaban J connectivity index is 1.47. The Bertz CT molecular complexity index is 2240. The summed E-state index contributed by atoms with van der Waals surface area (Å²) in [5, 5.41) is 0.874. The van der Waals surface area contributed by atoms with E-state index in [2.05, 4.69) is 15.9 Å². The highest BCUT2D eigenvalue weighted by molar-refractivity contribution is 9.10. The smallest absolute Gasteiger partial charge is 0.338 e. The van der Waals surface area contributed by atoms with E-state index in [1.165, 1.54) is 35.1 Å². The Morgan fingerprint density at radius 3 is 2.48 bits per heavy atom. The monoisotopic (exact) mass is 766 g/mol. The van der Waals surface area contributed by atoms with Crippen molar-refractivity contribution in [3.05, 3.63) is 153 Å². The Morgan fingerprint density at radius 2 is 1.79 bits per heavy atom. The average molecular weight is 768 g/mol. The van der Waals surface area contributed by atoms with Gasteiger partial charge in [-0.25, -0.2) is 14.2 Å². The van der Waals surface area contributed by atoms with Crippen LogP contribution in [0.2, 0.25) is 10.0 Å². The van der Waals surface area contributed by atoms with Crippen molar-refractivity contribution in [1.82, 2.24) is 4.57 Å². The van der Waals surface area contributed by atoms with E-state index in [9.17, 15) is 14.0 Å². The number of benzene rings is 4. The maximum atomic E-state index is 14.2. The van der Waals surface area contributed by atoms with Gasteiger partial charge in [-0.05, 0) is 82.0 Å². The molecular formula is C36H26BrCl2FN2O5S. The Hall–Kier alpha value is -4.22. The second-order valence-electron chi connectivity index (χ2n) is 10.6. The minimum Gasteiger partial charge on any atom is -0.493 e. The number of hydrogen-bond donors (Lipinski definition) is 0. The van der Waals surface area contributed by atoms with Crippen LogP contribution in [-0.2, 0) is 16.1 Å². The summed E-state index contributed by atoms with van der Waals surface area (Å²) in [6.07, 6.45) is 1.72. The fraction of sp³-hybridized carbons (Fsp3) is 0.139. The minimum atomic E-state index is -0.920. The first kappa shape index (κ1) is 33.7. The third-order valence-electron chi connectivity index (χ3n) is 7.48. The van der Waals surface area contributed by atoms with E-state index in [0.717, 1.165) is 5.56 Å². The molecule has 0 spiro atoms. The molecule has 48 heavy (non-hydrogen) atoms. The lowest BCUT2D eigenvalue weighted by atomic mass is 9.93. The van der Waals surface area contributed by atoms with Crippen molar-refractivity contribution in [2.75, 3.05) is 13.7 Å². The van der Waals surface area contributed by atoms with Crippen LogP contribution >= 0.6 is 50.5 Å². The summed E-state index contributed by atoms with van der Waals surface area (Å²) in [5.41, 5.74) is 2.86. The van der Waals surface area contributed by atoms with Crippen LogP contribution < -0.4 is 24.4 Å². The van der Waals surface area contributed by atoms with Gasteiger partial charge < -0.3 is 14.2 Å². The molecule has 0 N–H and O–H groups in total. The molecule has 6 rings (SSSR count). The number of nitrogens with zero attached hydrogens (tertiary/aromatic N) is 2. The van der Waals surface area contributed by atoms with Crippen molar-refractivity contribution in [2.45, 2.75) is 19.6 Å². The summed E-state index contributed by atoms with van der Waals surface area (Å²) >= 11 is 17.0. The van der Waals surface area contributed by atoms with Crippen LogP contribution in [0.5, 0.6) is 11.5 Å². The summed E-state index contributed by atoms with van der Waals surface area (Å²) < 4.78 is 33.7. The molecule has 0 saturated heterocycles. The van der Waals surface area contributed by atoms with E-state index >= 15 is 0 Å². The first-order chi connectivity index (χ1) is 23.2. The third-order valence-corrected chi connectivity index (χ3v) is 9.79. The summed E-state index contributed by atoms with van der Waals surface area (Å²) in [4.78, 5) is 33.0. The largest absolute Gasteiger partial charge is 0.493 e. The summed E-state index contributed by atoms with van der Waals surface area (Å²) in [7, 11) is 1.52. The van der Waals surface area contributed by atoms with Crippen molar-refractivity contribution >= 4 is 68.2 Å². The van der Waals surface area contributed by atoms with Crippen LogP contribution in [0.25, 0.3) is 11.8 Å². The molecule has 4 aromatic carbocycles. The average Bonchev–Trinajstić information content (AvgIpc) is 3.39. The molecule has 1 aliphatic rings. The quantitative estimate of drug-likeness (QED) is 0.144. The molecule has 0 saturated carbocycles. The maximum Gasteiger partial charge on any atom is 0.338 e. The van der Waals surface area contributed by atoms with Crippen LogP contribution in [0.1, 0.15) is 35.2 Å². The number of methoxy groups -OCH3 is 1. The molecule has 12 heteroatoms. The van der Waals surface area contributed by atoms with E-state index in [1.54, 1.807) is 43.3 Å². The van der Waals surface area contributed by atoms with Gasteiger partial charge in [0, 0.05) is 5.56 Å². The van der Waals surface area contributed by atoms with Crippen LogP contribution in [0.4, 0.5) is 4.39 Å². The zero-order valence-corrected chi connectivity index (χ0v) is 29.4. The van der Waals surface area contributed by atoms with Crippen LogP contribution in [0.15, 0.2) is 105 Å². The zero-order chi connectivity index (χ0) is 33.9. The predicted octanol–water partition coefficient (Wildman–Crippen LogP) is 7.73. The lowest BCUT2D eigenvalue weighted by Crippen LogP contribution is -2.40. The van der Waals surface area contributed by atoms with E-state index in [1.807, 2.05) is 42.5 Å². The third kappa shape index (κ3) is 6.84. The number of carbonyl (C=O) groups is 1. The number of ether oxygens (including phenoxy) is 3. The standard InChI is InChI=1S/C36H26BrCl2FN2O5S/c1-3-46-35(44)30-31(22-7-5-4-6-8-22)41-36-42(32(30)23-10-12-24(40)13-11-23)34(43)29(48-36)18-21-15-25(37)33(28(17-21)45-2)47-19-20-9-14-26(38)27(39)16-20/h4-18,32H,3,19H2,1-2H3/b29-18-/t32-/m0/s1. The van der Waals surface area contributed by atoms with Crippen molar-refractivity contribution in [3.63, 3.8) is 0 Å². The molecule has 0 amide bonds. The summed E-state index contributed by atoms with van der Waals surface area (Å²) in [6, 6.07) is 22.8. The van der Waals surface area contributed by atoms with Gasteiger partial charge in [0.05, 0.1) is 50.1 Å². The van der Waals surface area contributed by atoms with Crippen LogP contribution in [0, 0.1) is 5.82 Å². The van der Waals surface area contributed by atoms with Gasteiger partial charge in [-0.15, -0.1) is 0 Å². The Labute approximate surface area is 297 Å². The molecule has 1 aliphatic heterocycles. The Morgan fingerprint density at radius 1 is 1.04 bits per heavy atom. The molecule has 0 radical (unpaired) electrons. The van der Waals surface area contributed by atoms with Gasteiger partial charge in [-0.2, -0.15) is 0 Å². The highest BCUT2D eigenvalue weighted by Crippen LogP contribution is 2.38. The molecular weight excluding hydrogens is 742 g/mol. The Kier molecular flexibility index (Phi) is 10.2. The van der Waals surface area contributed by atoms with E-state index in [-0.39, 0.29) is 24.3 Å². The number of fused-ring (bicyclic) bond motifs is 1. The number of thiazole rings is 1. The van der Waals surface area contributed by atoms with E-state index in [4.69, 9.17) is 42.4 Å². The molecule has 0 aliphatic carbocycles. The highest BCUT2D eigenvalue weighted by atomic mass is 79.9. The number of aromatic nitrogens is 1. The number of rotatable bonds is 9. The SMILES string of the molecule is CCOC(=O)C1=C(c2ccccc2)N=c2s/c(=C\c3cc(Br)c(OCc4ccc(Cl)c(Cl)c4)c(OC)c3)c(=O)n2[C@H]1c1ccc(F)cc1. The second kappa shape index (κ2) is 14.5. The van der Waals surface area contributed by atoms with Crippen molar-refractivity contribution in [3.8, 4) is 11.5 Å². The second-order valence-corrected chi connectivity index (χ2v) is 13.2. The van der Waals surface area contributed by atoms with E-state index < -0.39 is 17.8 Å².